The standard InChI is InChI=1S/C4H6N2O/c1-3-2-5-6-4(3)7/h2-3H,1H3,(H,6,7)/t3-/m1/s1. The summed E-state index contributed by atoms with van der Waals surface area (Å²) in [5.41, 5.74) is 2.30. The highest BCUT2D eigenvalue weighted by Gasteiger charge is 2.13. The van der Waals surface area contributed by atoms with Gasteiger partial charge in [0.15, 0.2) is 0 Å². The van der Waals surface area contributed by atoms with E-state index in [-0.39, 0.29) is 11.8 Å². The van der Waals surface area contributed by atoms with E-state index in [4.69, 9.17) is 0 Å². The average Bonchev–Trinajstić information content (AvgIpc) is 1.91. The second-order valence-electron chi connectivity index (χ2n) is 1.54. The van der Waals surface area contributed by atoms with Crippen LogP contribution in [0.25, 0.3) is 0 Å². The Morgan fingerprint density at radius 2 is 2.71 bits per heavy atom. The number of rotatable bonds is 0. The molecule has 3 nitrogen and oxygen atoms in total. The van der Waals surface area contributed by atoms with E-state index >= 15 is 0 Å². The summed E-state index contributed by atoms with van der Waals surface area (Å²) in [5, 5.41) is 3.52. The van der Waals surface area contributed by atoms with Crippen LogP contribution >= 0.6 is 0 Å². The minimum absolute atomic E-state index is 0.0139. The molecule has 1 N–H and O–H groups in total. The number of hydrazone groups is 1. The first-order chi connectivity index (χ1) is 3.30. The van der Waals surface area contributed by atoms with Gasteiger partial charge in [-0.1, -0.05) is 0 Å². The Kier molecular flexibility index (Phi) is 0.817. The molecular weight excluding hydrogens is 92.1 g/mol. The van der Waals surface area contributed by atoms with Gasteiger partial charge in [-0.15, -0.1) is 0 Å². The van der Waals surface area contributed by atoms with E-state index in [1.807, 2.05) is 0 Å². The molecule has 1 heterocycles. The molecule has 0 aromatic carbocycles. The Balaban J connectivity index is 2.62. The minimum Gasteiger partial charge on any atom is -0.272 e. The summed E-state index contributed by atoms with van der Waals surface area (Å²) < 4.78 is 0. The number of nitrogens with one attached hydrogen (secondary N) is 1. The summed E-state index contributed by atoms with van der Waals surface area (Å²) in [6, 6.07) is 0. The molecule has 0 bridgehead atoms. The molecule has 1 aliphatic heterocycles. The fourth-order valence-corrected chi connectivity index (χ4v) is 0.382. The van der Waals surface area contributed by atoms with Crippen LogP contribution in [0.3, 0.4) is 0 Å². The third kappa shape index (κ3) is 0.607. The van der Waals surface area contributed by atoms with Crippen molar-refractivity contribution < 1.29 is 4.79 Å². The molecule has 0 spiro atoms. The lowest BCUT2D eigenvalue weighted by molar-refractivity contribution is -0.121. The van der Waals surface area contributed by atoms with Crippen LogP contribution in [-0.4, -0.2) is 12.1 Å². The Labute approximate surface area is 41.4 Å². The molecule has 0 unspecified atom stereocenters. The van der Waals surface area contributed by atoms with Crippen LogP contribution < -0.4 is 5.43 Å². The summed E-state index contributed by atoms with van der Waals surface area (Å²) in [4.78, 5) is 10.3. The van der Waals surface area contributed by atoms with Crippen molar-refractivity contribution in [2.45, 2.75) is 6.92 Å². The highest BCUT2D eigenvalue weighted by Crippen LogP contribution is 1.94. The molecule has 0 aromatic heterocycles. The normalized spacial score (nSPS) is 28.1. The molecule has 0 aliphatic carbocycles. The smallest absolute Gasteiger partial charge is 0.248 e. The Morgan fingerprint density at radius 1 is 2.00 bits per heavy atom. The van der Waals surface area contributed by atoms with Gasteiger partial charge in [0.05, 0.1) is 5.92 Å². The Morgan fingerprint density at radius 3 is 2.86 bits per heavy atom. The Bertz CT molecular complexity index is 119. The molecule has 7 heavy (non-hydrogen) atoms. The Hall–Kier alpha value is -0.860. The second-order valence-corrected chi connectivity index (χ2v) is 1.54. The van der Waals surface area contributed by atoms with Crippen LogP contribution in [-0.2, 0) is 4.79 Å². The molecule has 3 heteroatoms. The fourth-order valence-electron chi connectivity index (χ4n) is 0.382. The molecule has 1 atom stereocenters. The number of nitrogens with zero attached hydrogens (tertiary/aromatic N) is 1. The molecule has 0 saturated heterocycles. The van der Waals surface area contributed by atoms with Gasteiger partial charge in [-0.2, -0.15) is 5.10 Å². The van der Waals surface area contributed by atoms with E-state index in [2.05, 4.69) is 10.5 Å². The van der Waals surface area contributed by atoms with Crippen molar-refractivity contribution in [3.8, 4) is 0 Å². The van der Waals surface area contributed by atoms with Gasteiger partial charge in [0.2, 0.25) is 5.91 Å². The zero-order valence-corrected chi connectivity index (χ0v) is 4.01. The van der Waals surface area contributed by atoms with Gasteiger partial charge in [0.1, 0.15) is 0 Å². The van der Waals surface area contributed by atoms with Crippen LogP contribution in [0, 0.1) is 5.92 Å². The summed E-state index contributed by atoms with van der Waals surface area (Å²) in [6.45, 7) is 1.80. The van der Waals surface area contributed by atoms with E-state index in [1.165, 1.54) is 0 Å². The third-order valence-electron chi connectivity index (χ3n) is 0.886. The quantitative estimate of drug-likeness (QED) is 0.445. The first-order valence-electron chi connectivity index (χ1n) is 2.14. The van der Waals surface area contributed by atoms with Gasteiger partial charge in [-0.3, -0.25) is 4.79 Å². The lowest BCUT2D eigenvalue weighted by atomic mass is 10.2. The lowest BCUT2D eigenvalue weighted by Crippen LogP contribution is -2.16. The summed E-state index contributed by atoms with van der Waals surface area (Å²) in [7, 11) is 0. The molecule has 1 amide bonds. The van der Waals surface area contributed by atoms with Crippen molar-refractivity contribution in [2.75, 3.05) is 0 Å². The molecule has 1 rings (SSSR count). The van der Waals surface area contributed by atoms with Crippen LogP contribution in [0.15, 0.2) is 5.10 Å². The van der Waals surface area contributed by atoms with E-state index in [0.29, 0.717) is 0 Å². The monoisotopic (exact) mass is 98.0 g/mol. The van der Waals surface area contributed by atoms with Crippen LogP contribution in [0.5, 0.6) is 0 Å². The van der Waals surface area contributed by atoms with E-state index in [0.717, 1.165) is 0 Å². The van der Waals surface area contributed by atoms with Crippen molar-refractivity contribution >= 4 is 12.1 Å². The van der Waals surface area contributed by atoms with Crippen LogP contribution in [0.2, 0.25) is 0 Å². The van der Waals surface area contributed by atoms with Crippen molar-refractivity contribution in [2.24, 2.45) is 11.0 Å². The molecule has 38 valence electrons. The van der Waals surface area contributed by atoms with Crippen molar-refractivity contribution in [3.05, 3.63) is 0 Å². The topological polar surface area (TPSA) is 41.5 Å². The maximum absolute atomic E-state index is 10.3. The van der Waals surface area contributed by atoms with Crippen molar-refractivity contribution in [1.82, 2.24) is 5.43 Å². The zero-order valence-electron chi connectivity index (χ0n) is 4.01. The predicted molar refractivity (Wildman–Crippen MR) is 25.8 cm³/mol. The minimum atomic E-state index is -0.0278. The highest BCUT2D eigenvalue weighted by molar-refractivity contribution is 5.96. The van der Waals surface area contributed by atoms with E-state index in [1.54, 1.807) is 13.1 Å². The first kappa shape index (κ1) is 4.30. The number of carbonyl (C=O) groups is 1. The summed E-state index contributed by atoms with van der Waals surface area (Å²) in [6.07, 6.45) is 1.59. The van der Waals surface area contributed by atoms with Crippen LogP contribution in [0.4, 0.5) is 0 Å². The molecule has 1 aliphatic rings. The van der Waals surface area contributed by atoms with Gasteiger partial charge >= 0.3 is 0 Å². The molecular formula is C4H6N2O. The second kappa shape index (κ2) is 1.33. The summed E-state index contributed by atoms with van der Waals surface area (Å²) in [5.74, 6) is -0.0417. The largest absolute Gasteiger partial charge is 0.272 e. The molecule has 0 radical (unpaired) electrons. The highest BCUT2D eigenvalue weighted by atomic mass is 16.2. The number of amides is 1. The summed E-state index contributed by atoms with van der Waals surface area (Å²) >= 11 is 0. The number of hydrogen-bond acceptors (Lipinski definition) is 2. The lowest BCUT2D eigenvalue weighted by Gasteiger charge is -1.87. The first-order valence-corrected chi connectivity index (χ1v) is 2.14. The zero-order chi connectivity index (χ0) is 5.28. The van der Waals surface area contributed by atoms with Gasteiger partial charge in [-0.05, 0) is 6.92 Å². The maximum Gasteiger partial charge on any atom is 0.248 e. The molecule has 0 aromatic rings. The SMILES string of the molecule is C[C@@H]1C=NNC1=O. The average molecular weight is 98.1 g/mol. The third-order valence-corrected chi connectivity index (χ3v) is 0.886. The fraction of sp³-hybridized carbons (Fsp3) is 0.500. The van der Waals surface area contributed by atoms with E-state index in [9.17, 15) is 4.79 Å². The number of carbonyl (C=O) groups excluding carboxylic acids is 1. The van der Waals surface area contributed by atoms with Crippen molar-refractivity contribution in [3.63, 3.8) is 0 Å². The predicted octanol–water partition coefficient (Wildman–Crippen LogP) is -0.262. The van der Waals surface area contributed by atoms with Gasteiger partial charge in [0.25, 0.3) is 0 Å². The van der Waals surface area contributed by atoms with E-state index < -0.39 is 0 Å². The molecule has 0 saturated carbocycles. The van der Waals surface area contributed by atoms with Crippen molar-refractivity contribution in [1.29, 1.82) is 0 Å². The molecule has 0 fully saturated rings. The van der Waals surface area contributed by atoms with Gasteiger partial charge in [-0.25, -0.2) is 5.43 Å². The van der Waals surface area contributed by atoms with Gasteiger partial charge < -0.3 is 0 Å². The van der Waals surface area contributed by atoms with Crippen LogP contribution in [0.1, 0.15) is 6.92 Å². The maximum atomic E-state index is 10.3. The van der Waals surface area contributed by atoms with Gasteiger partial charge in [0, 0.05) is 6.21 Å². The number of hydrogen-bond donors (Lipinski definition) is 1.